The summed E-state index contributed by atoms with van der Waals surface area (Å²) in [5.74, 6) is -0.899. The Morgan fingerprint density at radius 1 is 1.43 bits per heavy atom. The van der Waals surface area contributed by atoms with Gasteiger partial charge in [-0.3, -0.25) is 9.36 Å². The molecular weight excluding hydrogens is 209 g/mol. The van der Waals surface area contributed by atoms with Crippen molar-refractivity contribution in [2.75, 3.05) is 6.16 Å². The maximum atomic E-state index is 10.6. The lowest BCUT2D eigenvalue weighted by Crippen LogP contribution is -2.35. The predicted octanol–water partition coefficient (Wildman–Crippen LogP) is -0.241. The van der Waals surface area contributed by atoms with Crippen molar-refractivity contribution in [3.05, 3.63) is 0 Å². The number of carboxylic acid groups (broad SMARTS) is 1. The van der Waals surface area contributed by atoms with Gasteiger partial charge in [-0.1, -0.05) is 0 Å². The lowest BCUT2D eigenvalue weighted by atomic mass is 10.1. The monoisotopic (exact) mass is 223 g/mol. The predicted molar refractivity (Wildman–Crippen MR) is 49.1 cm³/mol. The molecule has 1 fully saturated rings. The average molecular weight is 223 g/mol. The highest BCUT2D eigenvalue weighted by molar-refractivity contribution is 7.51. The van der Waals surface area contributed by atoms with Crippen molar-refractivity contribution >= 4 is 13.6 Å². The fourth-order valence-electron chi connectivity index (χ4n) is 1.57. The maximum Gasteiger partial charge on any atom is 0.325 e. The molecule has 0 bridgehead atoms. The Kier molecular flexibility index (Phi) is 3.66. The number of aliphatic carboxylic acids is 1. The molecule has 6 nitrogen and oxygen atoms in total. The van der Waals surface area contributed by atoms with Crippen molar-refractivity contribution in [1.82, 2.24) is 5.32 Å². The van der Waals surface area contributed by atoms with Gasteiger partial charge in [-0.15, -0.1) is 0 Å². The van der Waals surface area contributed by atoms with Crippen LogP contribution in [0.5, 0.6) is 0 Å². The van der Waals surface area contributed by atoms with E-state index < -0.39 is 19.6 Å². The molecule has 2 atom stereocenters. The summed E-state index contributed by atoms with van der Waals surface area (Å²) in [4.78, 5) is 27.8. The van der Waals surface area contributed by atoms with Crippen LogP contribution in [0.2, 0.25) is 0 Å². The third kappa shape index (κ3) is 3.75. The minimum absolute atomic E-state index is 0.0799. The molecule has 0 aromatic carbocycles. The minimum atomic E-state index is -3.95. The van der Waals surface area contributed by atoms with Gasteiger partial charge in [0.2, 0.25) is 0 Å². The molecule has 0 spiro atoms. The van der Waals surface area contributed by atoms with Crippen LogP contribution in [0, 0.1) is 0 Å². The van der Waals surface area contributed by atoms with Gasteiger partial charge in [-0.25, -0.2) is 0 Å². The molecule has 14 heavy (non-hydrogen) atoms. The first-order chi connectivity index (χ1) is 6.38. The Labute approximate surface area is 81.5 Å². The maximum absolute atomic E-state index is 10.6. The van der Waals surface area contributed by atoms with Gasteiger partial charge in [0.1, 0.15) is 6.04 Å². The van der Waals surface area contributed by atoms with Gasteiger partial charge in [0.25, 0.3) is 0 Å². The SMILES string of the molecule is O=C(O)[C@H]1CC[C@@H](CCP(=O)(O)O)N1. The Hall–Kier alpha value is -0.420. The zero-order valence-corrected chi connectivity index (χ0v) is 8.48. The van der Waals surface area contributed by atoms with Gasteiger partial charge in [-0.2, -0.15) is 0 Å². The quantitative estimate of drug-likeness (QED) is 0.490. The molecule has 0 saturated carbocycles. The Bertz CT molecular complexity index is 263. The van der Waals surface area contributed by atoms with E-state index in [1.165, 1.54) is 0 Å². The topological polar surface area (TPSA) is 107 Å². The fraction of sp³-hybridized carbons (Fsp3) is 0.857. The smallest absolute Gasteiger partial charge is 0.325 e. The van der Waals surface area contributed by atoms with Crippen LogP contribution in [0.4, 0.5) is 0 Å². The zero-order valence-electron chi connectivity index (χ0n) is 7.59. The van der Waals surface area contributed by atoms with Gasteiger partial charge in [-0.05, 0) is 19.3 Å². The number of nitrogens with one attached hydrogen (secondary N) is 1. The Balaban J connectivity index is 2.30. The summed E-state index contributed by atoms with van der Waals surface area (Å²) >= 11 is 0. The third-order valence-corrected chi connectivity index (χ3v) is 3.15. The van der Waals surface area contributed by atoms with E-state index in [2.05, 4.69) is 5.32 Å². The third-order valence-electron chi connectivity index (χ3n) is 2.31. The molecule has 0 unspecified atom stereocenters. The number of hydrogen-bond donors (Lipinski definition) is 4. The molecule has 1 rings (SSSR count). The molecule has 1 saturated heterocycles. The summed E-state index contributed by atoms with van der Waals surface area (Å²) in [6.07, 6.45) is 1.34. The van der Waals surface area contributed by atoms with Crippen LogP contribution in [0.3, 0.4) is 0 Å². The molecule has 0 aliphatic carbocycles. The summed E-state index contributed by atoms with van der Waals surface area (Å²) in [5.41, 5.74) is 0. The summed E-state index contributed by atoms with van der Waals surface area (Å²) in [6, 6.07) is -0.638. The summed E-state index contributed by atoms with van der Waals surface area (Å²) < 4.78 is 10.6. The van der Waals surface area contributed by atoms with Crippen LogP contribution in [0.15, 0.2) is 0 Å². The van der Waals surface area contributed by atoms with E-state index >= 15 is 0 Å². The number of rotatable bonds is 4. The van der Waals surface area contributed by atoms with Gasteiger partial charge >= 0.3 is 13.6 Å². The van der Waals surface area contributed by atoms with Gasteiger partial charge in [0, 0.05) is 6.04 Å². The second kappa shape index (κ2) is 4.40. The average Bonchev–Trinajstić information content (AvgIpc) is 2.47. The molecule has 1 aliphatic rings. The fourth-order valence-corrected chi connectivity index (χ4v) is 2.21. The molecule has 0 radical (unpaired) electrons. The van der Waals surface area contributed by atoms with Gasteiger partial charge in [0.05, 0.1) is 6.16 Å². The van der Waals surface area contributed by atoms with Crippen molar-refractivity contribution in [2.24, 2.45) is 0 Å². The van der Waals surface area contributed by atoms with Crippen molar-refractivity contribution < 1.29 is 24.3 Å². The van der Waals surface area contributed by atoms with Crippen LogP contribution in [0.25, 0.3) is 0 Å². The molecule has 0 aromatic rings. The highest BCUT2D eigenvalue weighted by Gasteiger charge is 2.29. The first-order valence-corrected chi connectivity index (χ1v) is 6.21. The van der Waals surface area contributed by atoms with Crippen molar-refractivity contribution in [2.45, 2.75) is 31.3 Å². The highest BCUT2D eigenvalue weighted by Crippen LogP contribution is 2.36. The van der Waals surface area contributed by atoms with Crippen molar-refractivity contribution in [3.63, 3.8) is 0 Å². The van der Waals surface area contributed by atoms with Crippen LogP contribution in [-0.2, 0) is 9.36 Å². The van der Waals surface area contributed by atoms with E-state index in [1.54, 1.807) is 0 Å². The van der Waals surface area contributed by atoms with Crippen molar-refractivity contribution in [1.29, 1.82) is 0 Å². The number of carboxylic acids is 1. The summed E-state index contributed by atoms with van der Waals surface area (Å²) in [5, 5.41) is 11.5. The Morgan fingerprint density at radius 3 is 2.50 bits per heavy atom. The van der Waals surface area contributed by atoms with Gasteiger partial charge in [0.15, 0.2) is 0 Å². The second-order valence-corrected chi connectivity index (χ2v) is 5.29. The lowest BCUT2D eigenvalue weighted by molar-refractivity contribution is -0.139. The molecule has 1 aliphatic heterocycles. The Morgan fingerprint density at radius 2 is 2.07 bits per heavy atom. The van der Waals surface area contributed by atoms with E-state index in [0.717, 1.165) is 0 Å². The number of hydrogen-bond acceptors (Lipinski definition) is 3. The van der Waals surface area contributed by atoms with E-state index in [-0.39, 0.29) is 12.2 Å². The zero-order chi connectivity index (χ0) is 10.8. The molecule has 1 heterocycles. The van der Waals surface area contributed by atoms with Crippen LogP contribution in [-0.4, -0.2) is 39.1 Å². The van der Waals surface area contributed by atoms with E-state index in [0.29, 0.717) is 19.3 Å². The normalized spacial score (nSPS) is 27.9. The van der Waals surface area contributed by atoms with E-state index in [4.69, 9.17) is 14.9 Å². The lowest BCUT2D eigenvalue weighted by Gasteiger charge is -2.11. The largest absolute Gasteiger partial charge is 0.480 e. The van der Waals surface area contributed by atoms with Crippen LogP contribution < -0.4 is 5.32 Å². The van der Waals surface area contributed by atoms with E-state index in [1.807, 2.05) is 0 Å². The minimum Gasteiger partial charge on any atom is -0.480 e. The molecule has 82 valence electrons. The molecule has 4 N–H and O–H groups in total. The van der Waals surface area contributed by atoms with E-state index in [9.17, 15) is 9.36 Å². The second-order valence-electron chi connectivity index (χ2n) is 3.51. The first kappa shape index (κ1) is 11.7. The molecule has 7 heteroatoms. The molecule has 0 aromatic heterocycles. The standard InChI is InChI=1S/C7H14NO5P/c9-7(10)6-2-1-5(8-6)3-4-14(11,12)13/h5-6,8H,1-4H2,(H,9,10)(H2,11,12,13)/t5-,6+/m0/s1. The van der Waals surface area contributed by atoms with Crippen molar-refractivity contribution in [3.8, 4) is 0 Å². The van der Waals surface area contributed by atoms with Crippen LogP contribution >= 0.6 is 7.60 Å². The molecular formula is C7H14NO5P. The van der Waals surface area contributed by atoms with Crippen LogP contribution in [0.1, 0.15) is 19.3 Å². The highest BCUT2D eigenvalue weighted by atomic mass is 31.2. The van der Waals surface area contributed by atoms with Gasteiger partial charge < -0.3 is 20.2 Å². The first-order valence-electron chi connectivity index (χ1n) is 4.42. The summed E-state index contributed by atoms with van der Waals surface area (Å²) in [7, 11) is -3.95. The summed E-state index contributed by atoms with van der Waals surface area (Å²) in [6.45, 7) is 0. The number of carbonyl (C=O) groups is 1. The molecule has 0 amide bonds.